The van der Waals surface area contributed by atoms with Crippen LogP contribution in [-0.2, 0) is 9.53 Å². The van der Waals surface area contributed by atoms with Crippen LogP contribution in [0.3, 0.4) is 0 Å². The van der Waals surface area contributed by atoms with Gasteiger partial charge in [0, 0.05) is 25.4 Å². The van der Waals surface area contributed by atoms with Crippen molar-refractivity contribution in [2.24, 2.45) is 0 Å². The lowest BCUT2D eigenvalue weighted by molar-refractivity contribution is -0.134. The van der Waals surface area contributed by atoms with Crippen LogP contribution < -0.4 is 10.6 Å². The molecule has 126 valence electrons. The maximum absolute atomic E-state index is 12.5. The van der Waals surface area contributed by atoms with Gasteiger partial charge in [0.1, 0.15) is 6.04 Å². The van der Waals surface area contributed by atoms with E-state index in [0.29, 0.717) is 18.8 Å². The van der Waals surface area contributed by atoms with E-state index in [1.54, 1.807) is 24.0 Å². The topological polar surface area (TPSA) is 70.7 Å². The van der Waals surface area contributed by atoms with Crippen LogP contribution in [-0.4, -0.2) is 48.7 Å². The molecule has 0 bridgehead atoms. The standard InChI is InChI=1S/C17H25N3O3/c1-3-20(12-15-10-7-11-23-15)16(21)13(2)18-17(22)19-14-8-5-4-6-9-14/h4-6,8-9,13,15H,3,7,10-12H2,1-2H3,(H2,18,19,22)/t13-,15-/m1/s1. The van der Waals surface area contributed by atoms with Gasteiger partial charge < -0.3 is 20.3 Å². The second kappa shape index (κ2) is 8.53. The van der Waals surface area contributed by atoms with Crippen LogP contribution in [0.2, 0.25) is 0 Å². The van der Waals surface area contributed by atoms with E-state index >= 15 is 0 Å². The Hall–Kier alpha value is -2.08. The number of nitrogens with zero attached hydrogens (tertiary/aromatic N) is 1. The fourth-order valence-corrected chi connectivity index (χ4v) is 2.63. The molecule has 3 amide bonds. The fraction of sp³-hybridized carbons (Fsp3) is 0.529. The minimum absolute atomic E-state index is 0.0915. The Labute approximate surface area is 137 Å². The maximum Gasteiger partial charge on any atom is 0.319 e. The Morgan fingerprint density at radius 1 is 1.35 bits per heavy atom. The number of carbonyl (C=O) groups is 2. The molecule has 2 rings (SSSR count). The molecule has 1 heterocycles. The highest BCUT2D eigenvalue weighted by Gasteiger charge is 2.25. The number of para-hydroxylation sites is 1. The van der Waals surface area contributed by atoms with Gasteiger partial charge in [-0.15, -0.1) is 0 Å². The average molecular weight is 319 g/mol. The van der Waals surface area contributed by atoms with Crippen molar-refractivity contribution in [3.05, 3.63) is 30.3 Å². The summed E-state index contributed by atoms with van der Waals surface area (Å²) >= 11 is 0. The normalized spacial score (nSPS) is 18.3. The molecule has 0 saturated carbocycles. The summed E-state index contributed by atoms with van der Waals surface area (Å²) < 4.78 is 5.58. The molecular formula is C17H25N3O3. The number of nitrogens with one attached hydrogen (secondary N) is 2. The van der Waals surface area contributed by atoms with E-state index in [0.717, 1.165) is 19.4 Å². The number of amides is 3. The first kappa shape index (κ1) is 17.3. The molecule has 23 heavy (non-hydrogen) atoms. The molecule has 0 aliphatic carbocycles. The van der Waals surface area contributed by atoms with Crippen LogP contribution in [0.15, 0.2) is 30.3 Å². The van der Waals surface area contributed by atoms with Gasteiger partial charge in [0.05, 0.1) is 6.10 Å². The first-order valence-electron chi connectivity index (χ1n) is 8.13. The Bertz CT molecular complexity index is 515. The summed E-state index contributed by atoms with van der Waals surface area (Å²) in [6.45, 7) is 5.59. The molecule has 6 nitrogen and oxygen atoms in total. The van der Waals surface area contributed by atoms with Crippen LogP contribution in [0.5, 0.6) is 0 Å². The van der Waals surface area contributed by atoms with E-state index in [4.69, 9.17) is 4.74 Å². The first-order valence-corrected chi connectivity index (χ1v) is 8.13. The zero-order chi connectivity index (χ0) is 16.7. The quantitative estimate of drug-likeness (QED) is 0.844. The van der Waals surface area contributed by atoms with Gasteiger partial charge in [-0.2, -0.15) is 0 Å². The first-order chi connectivity index (χ1) is 11.1. The molecule has 1 aliphatic rings. The molecule has 0 aromatic heterocycles. The Morgan fingerprint density at radius 3 is 2.70 bits per heavy atom. The summed E-state index contributed by atoms with van der Waals surface area (Å²) in [5.41, 5.74) is 0.691. The van der Waals surface area contributed by atoms with Crippen LogP contribution in [0.1, 0.15) is 26.7 Å². The molecule has 0 unspecified atom stereocenters. The summed E-state index contributed by atoms with van der Waals surface area (Å²) in [6, 6.07) is 8.17. The Morgan fingerprint density at radius 2 is 2.09 bits per heavy atom. The third-order valence-corrected chi connectivity index (χ3v) is 3.89. The van der Waals surface area contributed by atoms with E-state index in [2.05, 4.69) is 10.6 Å². The minimum atomic E-state index is -0.583. The lowest BCUT2D eigenvalue weighted by Gasteiger charge is -2.27. The monoisotopic (exact) mass is 319 g/mol. The number of rotatable bonds is 6. The van der Waals surface area contributed by atoms with E-state index in [9.17, 15) is 9.59 Å². The van der Waals surface area contributed by atoms with Gasteiger partial charge in [-0.3, -0.25) is 4.79 Å². The molecule has 6 heteroatoms. The van der Waals surface area contributed by atoms with Gasteiger partial charge in [-0.05, 0) is 38.8 Å². The Balaban J connectivity index is 1.83. The van der Waals surface area contributed by atoms with Crippen molar-refractivity contribution in [2.75, 3.05) is 25.0 Å². The molecule has 1 aromatic carbocycles. The predicted molar refractivity (Wildman–Crippen MR) is 89.3 cm³/mol. The fourth-order valence-electron chi connectivity index (χ4n) is 2.63. The van der Waals surface area contributed by atoms with Crippen molar-refractivity contribution in [1.82, 2.24) is 10.2 Å². The SMILES string of the molecule is CCN(C[C@H]1CCCO1)C(=O)[C@@H](C)NC(=O)Nc1ccccc1. The molecule has 1 aliphatic heterocycles. The van der Waals surface area contributed by atoms with E-state index in [-0.39, 0.29) is 18.0 Å². The minimum Gasteiger partial charge on any atom is -0.376 e. The number of carbonyl (C=O) groups excluding carboxylic acids is 2. The Kier molecular flexibility index (Phi) is 6.40. The number of anilines is 1. The van der Waals surface area contributed by atoms with E-state index < -0.39 is 6.04 Å². The molecule has 0 radical (unpaired) electrons. The van der Waals surface area contributed by atoms with Crippen LogP contribution in [0, 0.1) is 0 Å². The number of benzene rings is 1. The largest absolute Gasteiger partial charge is 0.376 e. The summed E-state index contributed by atoms with van der Waals surface area (Å²) in [7, 11) is 0. The van der Waals surface area contributed by atoms with Gasteiger partial charge in [0.25, 0.3) is 0 Å². The number of ether oxygens (including phenoxy) is 1. The molecule has 2 atom stereocenters. The summed E-state index contributed by atoms with van der Waals surface area (Å²) in [5, 5.41) is 5.40. The molecule has 1 fully saturated rings. The summed E-state index contributed by atoms with van der Waals surface area (Å²) in [5.74, 6) is -0.0915. The van der Waals surface area contributed by atoms with Crippen molar-refractivity contribution in [2.45, 2.75) is 38.8 Å². The molecule has 1 aromatic rings. The second-order valence-electron chi connectivity index (χ2n) is 5.70. The predicted octanol–water partition coefficient (Wildman–Crippen LogP) is 2.22. The lowest BCUT2D eigenvalue weighted by Crippen LogP contribution is -2.49. The number of hydrogen-bond acceptors (Lipinski definition) is 3. The average Bonchev–Trinajstić information content (AvgIpc) is 3.05. The number of likely N-dealkylation sites (N-methyl/N-ethyl adjacent to an activating group) is 1. The van der Waals surface area contributed by atoms with E-state index in [1.807, 2.05) is 25.1 Å². The van der Waals surface area contributed by atoms with Gasteiger partial charge in [-0.25, -0.2) is 4.79 Å². The smallest absolute Gasteiger partial charge is 0.319 e. The van der Waals surface area contributed by atoms with E-state index in [1.165, 1.54) is 0 Å². The van der Waals surface area contributed by atoms with Crippen molar-refractivity contribution >= 4 is 17.6 Å². The van der Waals surface area contributed by atoms with Gasteiger partial charge >= 0.3 is 6.03 Å². The zero-order valence-corrected chi connectivity index (χ0v) is 13.7. The van der Waals surface area contributed by atoms with Crippen molar-refractivity contribution in [3.8, 4) is 0 Å². The number of hydrogen-bond donors (Lipinski definition) is 2. The highest BCUT2D eigenvalue weighted by atomic mass is 16.5. The van der Waals surface area contributed by atoms with Gasteiger partial charge in [-0.1, -0.05) is 18.2 Å². The van der Waals surface area contributed by atoms with Crippen molar-refractivity contribution < 1.29 is 14.3 Å². The lowest BCUT2D eigenvalue weighted by atomic mass is 10.2. The third kappa shape index (κ3) is 5.25. The second-order valence-corrected chi connectivity index (χ2v) is 5.70. The van der Waals surface area contributed by atoms with Crippen molar-refractivity contribution in [1.29, 1.82) is 0 Å². The summed E-state index contributed by atoms with van der Waals surface area (Å²) in [4.78, 5) is 26.2. The van der Waals surface area contributed by atoms with Crippen LogP contribution in [0.25, 0.3) is 0 Å². The van der Waals surface area contributed by atoms with Crippen LogP contribution in [0.4, 0.5) is 10.5 Å². The van der Waals surface area contributed by atoms with Crippen molar-refractivity contribution in [3.63, 3.8) is 0 Å². The van der Waals surface area contributed by atoms with Crippen LogP contribution >= 0.6 is 0 Å². The molecule has 1 saturated heterocycles. The third-order valence-electron chi connectivity index (χ3n) is 3.89. The molecule has 2 N–H and O–H groups in total. The zero-order valence-electron chi connectivity index (χ0n) is 13.7. The molecule has 0 spiro atoms. The van der Waals surface area contributed by atoms with Gasteiger partial charge in [0.15, 0.2) is 0 Å². The van der Waals surface area contributed by atoms with Gasteiger partial charge in [0.2, 0.25) is 5.91 Å². The summed E-state index contributed by atoms with van der Waals surface area (Å²) in [6.07, 6.45) is 2.15. The highest BCUT2D eigenvalue weighted by Crippen LogP contribution is 2.14. The molecular weight excluding hydrogens is 294 g/mol. The maximum atomic E-state index is 12.5. The number of urea groups is 1. The highest BCUT2D eigenvalue weighted by molar-refractivity contribution is 5.93.